The first-order valence-corrected chi connectivity index (χ1v) is 8.18. The SMILES string of the molecule is COc1cc(CNC(=O)C2Cc3cc(Cl)ccc3O2)ccc1OC(F)F. The highest BCUT2D eigenvalue weighted by Gasteiger charge is 2.29. The molecule has 138 valence electrons. The van der Waals surface area contributed by atoms with E-state index in [0.29, 0.717) is 22.8 Å². The summed E-state index contributed by atoms with van der Waals surface area (Å²) >= 11 is 5.94. The zero-order chi connectivity index (χ0) is 18.7. The molecule has 1 amide bonds. The molecule has 1 aliphatic rings. The van der Waals surface area contributed by atoms with Crippen LogP contribution in [0, 0.1) is 0 Å². The van der Waals surface area contributed by atoms with Gasteiger partial charge in [-0.2, -0.15) is 8.78 Å². The Labute approximate surface area is 153 Å². The zero-order valence-electron chi connectivity index (χ0n) is 13.8. The molecular weight excluding hydrogens is 368 g/mol. The molecule has 0 aliphatic carbocycles. The summed E-state index contributed by atoms with van der Waals surface area (Å²) < 4.78 is 39.7. The van der Waals surface area contributed by atoms with Gasteiger partial charge in [0, 0.05) is 18.0 Å². The van der Waals surface area contributed by atoms with Gasteiger partial charge in [-0.05, 0) is 41.5 Å². The van der Waals surface area contributed by atoms with Crippen LogP contribution in [0.5, 0.6) is 17.2 Å². The van der Waals surface area contributed by atoms with Crippen LogP contribution in [0.3, 0.4) is 0 Å². The maximum atomic E-state index is 12.3. The number of halogens is 3. The second-order valence-corrected chi connectivity index (χ2v) is 6.08. The third-order valence-corrected chi connectivity index (χ3v) is 4.14. The molecule has 0 fully saturated rings. The van der Waals surface area contributed by atoms with E-state index in [4.69, 9.17) is 21.1 Å². The molecule has 0 radical (unpaired) electrons. The highest BCUT2D eigenvalue weighted by Crippen LogP contribution is 2.31. The molecule has 0 aromatic heterocycles. The number of fused-ring (bicyclic) bond motifs is 1. The number of rotatable bonds is 6. The van der Waals surface area contributed by atoms with E-state index >= 15 is 0 Å². The van der Waals surface area contributed by atoms with Crippen LogP contribution in [0.2, 0.25) is 5.02 Å². The molecule has 2 aromatic carbocycles. The summed E-state index contributed by atoms with van der Waals surface area (Å²) in [7, 11) is 1.35. The van der Waals surface area contributed by atoms with Gasteiger partial charge in [0.05, 0.1) is 7.11 Å². The van der Waals surface area contributed by atoms with Gasteiger partial charge in [0.1, 0.15) is 5.75 Å². The molecule has 26 heavy (non-hydrogen) atoms. The Balaban J connectivity index is 1.60. The van der Waals surface area contributed by atoms with E-state index < -0.39 is 12.7 Å². The van der Waals surface area contributed by atoms with E-state index in [2.05, 4.69) is 10.1 Å². The van der Waals surface area contributed by atoms with Crippen molar-refractivity contribution < 1.29 is 27.8 Å². The molecule has 0 bridgehead atoms. The van der Waals surface area contributed by atoms with Gasteiger partial charge in [0.2, 0.25) is 0 Å². The Morgan fingerprint density at radius 1 is 1.31 bits per heavy atom. The molecule has 1 unspecified atom stereocenters. The van der Waals surface area contributed by atoms with E-state index in [0.717, 1.165) is 5.56 Å². The number of ether oxygens (including phenoxy) is 3. The number of hydrogen-bond acceptors (Lipinski definition) is 4. The van der Waals surface area contributed by atoms with Crippen LogP contribution >= 0.6 is 11.6 Å². The lowest BCUT2D eigenvalue weighted by Crippen LogP contribution is -2.37. The minimum atomic E-state index is -2.94. The van der Waals surface area contributed by atoms with Gasteiger partial charge in [-0.3, -0.25) is 4.79 Å². The minimum absolute atomic E-state index is 0.0657. The van der Waals surface area contributed by atoms with E-state index in [9.17, 15) is 13.6 Å². The number of amides is 1. The molecule has 1 heterocycles. The van der Waals surface area contributed by atoms with Crippen molar-refractivity contribution >= 4 is 17.5 Å². The standard InChI is InChI=1S/C18H16ClF2NO4/c1-24-15-6-10(2-4-14(15)26-18(20)21)9-22-17(23)16-8-11-7-12(19)3-5-13(11)25-16/h2-7,16,18H,8-9H2,1H3,(H,22,23). The summed E-state index contributed by atoms with van der Waals surface area (Å²) in [6.07, 6.45) is -0.196. The number of carbonyl (C=O) groups excluding carboxylic acids is 1. The highest BCUT2D eigenvalue weighted by atomic mass is 35.5. The fraction of sp³-hybridized carbons (Fsp3) is 0.278. The lowest BCUT2D eigenvalue weighted by molar-refractivity contribution is -0.127. The van der Waals surface area contributed by atoms with Gasteiger partial charge >= 0.3 is 6.61 Å². The summed E-state index contributed by atoms with van der Waals surface area (Å²) in [5, 5.41) is 3.35. The number of hydrogen-bond donors (Lipinski definition) is 1. The molecule has 0 saturated heterocycles. The van der Waals surface area contributed by atoms with Crippen molar-refractivity contribution in [2.45, 2.75) is 25.7 Å². The van der Waals surface area contributed by atoms with Crippen molar-refractivity contribution in [3.63, 3.8) is 0 Å². The van der Waals surface area contributed by atoms with Gasteiger partial charge in [-0.15, -0.1) is 0 Å². The first-order valence-electron chi connectivity index (χ1n) is 7.81. The van der Waals surface area contributed by atoms with E-state index in [1.807, 2.05) is 0 Å². The van der Waals surface area contributed by atoms with Gasteiger partial charge < -0.3 is 19.5 Å². The van der Waals surface area contributed by atoms with Crippen molar-refractivity contribution in [2.24, 2.45) is 0 Å². The van der Waals surface area contributed by atoms with Crippen LogP contribution in [0.15, 0.2) is 36.4 Å². The van der Waals surface area contributed by atoms with E-state index in [-0.39, 0.29) is 24.0 Å². The molecular formula is C18H16ClF2NO4. The Bertz CT molecular complexity index is 816. The van der Waals surface area contributed by atoms with E-state index in [1.54, 1.807) is 24.3 Å². The van der Waals surface area contributed by atoms with Crippen molar-refractivity contribution in [1.82, 2.24) is 5.32 Å². The number of nitrogens with one attached hydrogen (secondary N) is 1. The Morgan fingerprint density at radius 3 is 2.85 bits per heavy atom. The summed E-state index contributed by atoms with van der Waals surface area (Å²) in [6.45, 7) is -2.75. The highest BCUT2D eigenvalue weighted by molar-refractivity contribution is 6.30. The minimum Gasteiger partial charge on any atom is -0.493 e. The van der Waals surface area contributed by atoms with Gasteiger partial charge in [0.15, 0.2) is 17.6 Å². The quantitative estimate of drug-likeness (QED) is 0.828. The summed E-state index contributed by atoms with van der Waals surface area (Å²) in [5.41, 5.74) is 1.56. The number of benzene rings is 2. The predicted molar refractivity (Wildman–Crippen MR) is 91.0 cm³/mol. The van der Waals surface area contributed by atoms with Gasteiger partial charge in [-0.1, -0.05) is 17.7 Å². The van der Waals surface area contributed by atoms with Crippen LogP contribution in [-0.2, 0) is 17.8 Å². The zero-order valence-corrected chi connectivity index (χ0v) is 14.6. The van der Waals surface area contributed by atoms with Gasteiger partial charge in [0.25, 0.3) is 5.91 Å². The molecule has 1 atom stereocenters. The molecule has 8 heteroatoms. The molecule has 0 spiro atoms. The van der Waals surface area contributed by atoms with Crippen LogP contribution < -0.4 is 19.5 Å². The molecule has 1 N–H and O–H groups in total. The fourth-order valence-electron chi connectivity index (χ4n) is 2.68. The van der Waals surface area contributed by atoms with Crippen molar-refractivity contribution in [1.29, 1.82) is 0 Å². The summed E-state index contributed by atoms with van der Waals surface area (Å²) in [4.78, 5) is 12.3. The predicted octanol–water partition coefficient (Wildman–Crippen LogP) is 3.57. The largest absolute Gasteiger partial charge is 0.493 e. The normalized spacial score (nSPS) is 15.3. The number of alkyl halides is 2. The summed E-state index contributed by atoms with van der Waals surface area (Å²) in [6, 6.07) is 9.69. The maximum Gasteiger partial charge on any atom is 0.387 e. The number of carbonyl (C=O) groups is 1. The molecule has 0 saturated carbocycles. The second-order valence-electron chi connectivity index (χ2n) is 5.64. The van der Waals surface area contributed by atoms with Crippen molar-refractivity contribution in [3.05, 3.63) is 52.5 Å². The molecule has 1 aliphatic heterocycles. The number of methoxy groups -OCH3 is 1. The van der Waals surface area contributed by atoms with Gasteiger partial charge in [-0.25, -0.2) is 0 Å². The topological polar surface area (TPSA) is 56.8 Å². The Hall–Kier alpha value is -2.54. The lowest BCUT2D eigenvalue weighted by atomic mass is 10.1. The molecule has 3 rings (SSSR count). The average Bonchev–Trinajstić information content (AvgIpc) is 3.03. The van der Waals surface area contributed by atoms with Crippen molar-refractivity contribution in [2.75, 3.05) is 7.11 Å². The van der Waals surface area contributed by atoms with Crippen molar-refractivity contribution in [3.8, 4) is 17.2 Å². The monoisotopic (exact) mass is 383 g/mol. The van der Waals surface area contributed by atoms with Crippen LogP contribution in [0.4, 0.5) is 8.78 Å². The summed E-state index contributed by atoms with van der Waals surface area (Å²) in [5.74, 6) is 0.467. The average molecular weight is 384 g/mol. The third-order valence-electron chi connectivity index (χ3n) is 3.90. The smallest absolute Gasteiger partial charge is 0.387 e. The molecule has 5 nitrogen and oxygen atoms in total. The first-order chi connectivity index (χ1) is 12.5. The fourth-order valence-corrected chi connectivity index (χ4v) is 2.88. The van der Waals surface area contributed by atoms with Crippen LogP contribution in [0.1, 0.15) is 11.1 Å². The van der Waals surface area contributed by atoms with E-state index in [1.165, 1.54) is 19.2 Å². The second kappa shape index (κ2) is 7.78. The van der Waals surface area contributed by atoms with Crippen LogP contribution in [0.25, 0.3) is 0 Å². The Morgan fingerprint density at radius 2 is 2.12 bits per heavy atom. The lowest BCUT2D eigenvalue weighted by Gasteiger charge is -2.13. The molecule has 2 aromatic rings. The maximum absolute atomic E-state index is 12.3. The van der Waals surface area contributed by atoms with Crippen LogP contribution in [-0.4, -0.2) is 25.7 Å². The Kier molecular flexibility index (Phi) is 5.46. The third kappa shape index (κ3) is 4.16. The first kappa shape index (κ1) is 18.3.